The molecule has 2 aromatic rings. The fourth-order valence-electron chi connectivity index (χ4n) is 2.08. The van der Waals surface area contributed by atoms with Crippen LogP contribution in [0.2, 0.25) is 0 Å². The van der Waals surface area contributed by atoms with Crippen LogP contribution in [0.5, 0.6) is 0 Å². The van der Waals surface area contributed by atoms with Crippen LogP contribution in [-0.4, -0.2) is 33.4 Å². The van der Waals surface area contributed by atoms with Gasteiger partial charge in [-0.2, -0.15) is 0 Å². The van der Waals surface area contributed by atoms with Crippen molar-refractivity contribution in [3.8, 4) is 5.69 Å². The molecule has 0 bridgehead atoms. The second-order valence-corrected chi connectivity index (χ2v) is 5.30. The smallest absolute Gasteiger partial charge is 0.320 e. The number of carbonyl (C=O) groups excluding carboxylic acids is 1. The number of amides is 2. The summed E-state index contributed by atoms with van der Waals surface area (Å²) in [4.78, 5) is 22.1. The molecule has 23 heavy (non-hydrogen) atoms. The number of aromatic nitrogens is 2. The molecule has 7 nitrogen and oxygen atoms in total. The van der Waals surface area contributed by atoms with Crippen molar-refractivity contribution >= 4 is 17.8 Å². The number of benzene rings is 1. The first kappa shape index (κ1) is 16.5. The predicted molar refractivity (Wildman–Crippen MR) is 86.9 cm³/mol. The van der Waals surface area contributed by atoms with Crippen LogP contribution in [-0.2, 0) is 4.79 Å². The van der Waals surface area contributed by atoms with Crippen molar-refractivity contribution in [2.45, 2.75) is 26.7 Å². The number of aliphatic carboxylic acids is 1. The van der Waals surface area contributed by atoms with E-state index in [0.717, 1.165) is 16.9 Å². The first-order chi connectivity index (χ1) is 11.0. The lowest BCUT2D eigenvalue weighted by molar-refractivity contribution is -0.137. The number of rotatable bonds is 6. The number of carboxylic acid groups (broad SMARTS) is 1. The monoisotopic (exact) mass is 316 g/mol. The molecule has 0 aliphatic rings. The molecule has 0 radical (unpaired) electrons. The van der Waals surface area contributed by atoms with Crippen molar-refractivity contribution in [2.24, 2.45) is 0 Å². The molecule has 2 amide bonds. The van der Waals surface area contributed by atoms with Crippen LogP contribution < -0.4 is 10.6 Å². The highest BCUT2D eigenvalue weighted by molar-refractivity contribution is 5.88. The van der Waals surface area contributed by atoms with E-state index in [1.807, 2.05) is 38.1 Å². The normalized spacial score (nSPS) is 10.3. The molecule has 0 atom stereocenters. The topological polar surface area (TPSA) is 96.3 Å². The van der Waals surface area contributed by atoms with Gasteiger partial charge in [0.2, 0.25) is 0 Å². The molecule has 0 saturated heterocycles. The minimum Gasteiger partial charge on any atom is -0.481 e. The lowest BCUT2D eigenvalue weighted by Crippen LogP contribution is -2.30. The summed E-state index contributed by atoms with van der Waals surface area (Å²) in [7, 11) is 0. The van der Waals surface area contributed by atoms with Crippen LogP contribution >= 0.6 is 0 Å². The summed E-state index contributed by atoms with van der Waals surface area (Å²) in [5.74, 6) is -0.432. The van der Waals surface area contributed by atoms with E-state index in [4.69, 9.17) is 5.11 Å². The van der Waals surface area contributed by atoms with Crippen molar-refractivity contribution in [3.05, 3.63) is 41.6 Å². The molecule has 7 heteroatoms. The van der Waals surface area contributed by atoms with Crippen LogP contribution in [0, 0.1) is 13.8 Å². The van der Waals surface area contributed by atoms with Gasteiger partial charge in [-0.15, -0.1) is 5.10 Å². The highest BCUT2D eigenvalue weighted by Crippen LogP contribution is 2.15. The van der Waals surface area contributed by atoms with Gasteiger partial charge in [-0.3, -0.25) is 10.1 Å². The second-order valence-electron chi connectivity index (χ2n) is 5.30. The summed E-state index contributed by atoms with van der Waals surface area (Å²) in [5.41, 5.74) is 2.98. The van der Waals surface area contributed by atoms with Gasteiger partial charge in [0.05, 0.1) is 5.69 Å². The van der Waals surface area contributed by atoms with E-state index in [1.54, 1.807) is 10.7 Å². The lowest BCUT2D eigenvalue weighted by Gasteiger charge is -2.05. The van der Waals surface area contributed by atoms with Crippen molar-refractivity contribution < 1.29 is 14.7 Å². The van der Waals surface area contributed by atoms with Crippen LogP contribution in [0.1, 0.15) is 24.1 Å². The van der Waals surface area contributed by atoms with E-state index in [1.165, 1.54) is 0 Å². The fraction of sp³-hybridized carbons (Fsp3) is 0.312. The van der Waals surface area contributed by atoms with Crippen molar-refractivity contribution in [3.63, 3.8) is 0 Å². The molecular weight excluding hydrogens is 296 g/mol. The average Bonchev–Trinajstić information content (AvgIpc) is 2.85. The Morgan fingerprint density at radius 1 is 1.22 bits per heavy atom. The Morgan fingerprint density at radius 2 is 1.91 bits per heavy atom. The molecule has 0 fully saturated rings. The largest absolute Gasteiger partial charge is 0.481 e. The third-order valence-corrected chi connectivity index (χ3v) is 3.26. The van der Waals surface area contributed by atoms with Crippen molar-refractivity contribution in [2.75, 3.05) is 11.9 Å². The molecule has 1 aromatic carbocycles. The number of hydrogen-bond acceptors (Lipinski definition) is 3. The fourth-order valence-corrected chi connectivity index (χ4v) is 2.08. The lowest BCUT2D eigenvalue weighted by atomic mass is 10.2. The van der Waals surface area contributed by atoms with E-state index in [9.17, 15) is 9.59 Å². The maximum Gasteiger partial charge on any atom is 0.320 e. The highest BCUT2D eigenvalue weighted by atomic mass is 16.4. The summed E-state index contributed by atoms with van der Waals surface area (Å²) in [6.07, 6.45) is 0.418. The number of aryl methyl sites for hydroxylation is 2. The predicted octanol–water partition coefficient (Wildman–Crippen LogP) is 2.48. The first-order valence-electron chi connectivity index (χ1n) is 7.36. The standard InChI is InChI=1S/C16H20N4O3/c1-11-5-7-13(8-6-11)20-12(2)10-14(19-20)18-16(23)17-9-3-4-15(21)22/h5-8,10H,3-4,9H2,1-2H3,(H,21,22)(H2,17,18,19,23). The van der Waals surface area contributed by atoms with Crippen LogP contribution in [0.15, 0.2) is 30.3 Å². The van der Waals surface area contributed by atoms with Gasteiger partial charge in [-0.05, 0) is 32.4 Å². The van der Waals surface area contributed by atoms with Crippen molar-refractivity contribution in [1.82, 2.24) is 15.1 Å². The quantitative estimate of drug-likeness (QED) is 0.713. The molecule has 122 valence electrons. The molecule has 0 aliphatic heterocycles. The van der Waals surface area contributed by atoms with Gasteiger partial charge in [0.25, 0.3) is 0 Å². The van der Waals surface area contributed by atoms with E-state index >= 15 is 0 Å². The molecule has 2 rings (SSSR count). The maximum absolute atomic E-state index is 11.7. The second kappa shape index (κ2) is 7.44. The zero-order valence-corrected chi connectivity index (χ0v) is 13.2. The van der Waals surface area contributed by atoms with Gasteiger partial charge in [0.1, 0.15) is 0 Å². The summed E-state index contributed by atoms with van der Waals surface area (Å²) in [6.45, 7) is 4.22. The molecule has 3 N–H and O–H groups in total. The van der Waals surface area contributed by atoms with Gasteiger partial charge in [0, 0.05) is 24.7 Å². The Hall–Kier alpha value is -2.83. The molecule has 0 unspecified atom stereocenters. The van der Waals surface area contributed by atoms with Gasteiger partial charge in [-0.25, -0.2) is 9.48 Å². The third kappa shape index (κ3) is 4.84. The number of hydrogen-bond donors (Lipinski definition) is 3. The van der Waals surface area contributed by atoms with Gasteiger partial charge >= 0.3 is 12.0 Å². The number of nitrogens with zero attached hydrogens (tertiary/aromatic N) is 2. The number of anilines is 1. The molecule has 0 spiro atoms. The Bertz CT molecular complexity index is 692. The first-order valence-corrected chi connectivity index (χ1v) is 7.36. The van der Waals surface area contributed by atoms with E-state index in [2.05, 4.69) is 15.7 Å². The maximum atomic E-state index is 11.7. The highest BCUT2D eigenvalue weighted by Gasteiger charge is 2.09. The summed E-state index contributed by atoms with van der Waals surface area (Å²) in [6, 6.07) is 9.30. The summed E-state index contributed by atoms with van der Waals surface area (Å²) >= 11 is 0. The molecular formula is C16H20N4O3. The number of carboxylic acids is 1. The Balaban J connectivity index is 1.94. The van der Waals surface area contributed by atoms with Gasteiger partial charge in [-0.1, -0.05) is 17.7 Å². The molecule has 0 aliphatic carbocycles. The number of nitrogens with one attached hydrogen (secondary N) is 2. The SMILES string of the molecule is Cc1ccc(-n2nc(NC(=O)NCCCC(=O)O)cc2C)cc1. The Morgan fingerprint density at radius 3 is 2.57 bits per heavy atom. The van der Waals surface area contributed by atoms with Gasteiger partial charge in [0.15, 0.2) is 5.82 Å². The summed E-state index contributed by atoms with van der Waals surface area (Å²) in [5, 5.41) is 18.1. The molecule has 0 saturated carbocycles. The minimum atomic E-state index is -0.875. The van der Waals surface area contributed by atoms with E-state index in [-0.39, 0.29) is 6.42 Å². The Labute approximate surface area is 134 Å². The van der Waals surface area contributed by atoms with Crippen LogP contribution in [0.3, 0.4) is 0 Å². The zero-order valence-electron chi connectivity index (χ0n) is 13.2. The van der Waals surface area contributed by atoms with Crippen LogP contribution in [0.25, 0.3) is 5.69 Å². The van der Waals surface area contributed by atoms with Crippen LogP contribution in [0.4, 0.5) is 10.6 Å². The van der Waals surface area contributed by atoms with E-state index in [0.29, 0.717) is 18.8 Å². The molecule has 1 aromatic heterocycles. The number of urea groups is 1. The van der Waals surface area contributed by atoms with Gasteiger partial charge < -0.3 is 10.4 Å². The zero-order chi connectivity index (χ0) is 16.8. The van der Waals surface area contributed by atoms with Crippen molar-refractivity contribution in [1.29, 1.82) is 0 Å². The third-order valence-electron chi connectivity index (χ3n) is 3.26. The number of carbonyl (C=O) groups is 2. The Kier molecular flexibility index (Phi) is 5.35. The average molecular weight is 316 g/mol. The molecule has 1 heterocycles. The summed E-state index contributed by atoms with van der Waals surface area (Å²) < 4.78 is 1.75. The minimum absolute atomic E-state index is 0.0292. The van der Waals surface area contributed by atoms with E-state index < -0.39 is 12.0 Å².